The predicted molar refractivity (Wildman–Crippen MR) is 115 cm³/mol. The van der Waals surface area contributed by atoms with Crippen LogP contribution in [0.5, 0.6) is 5.75 Å². The van der Waals surface area contributed by atoms with Crippen LogP contribution in [0, 0.1) is 0 Å². The minimum Gasteiger partial charge on any atom is -0.484 e. The van der Waals surface area contributed by atoms with Crippen LogP contribution in [0.25, 0.3) is 0 Å². The van der Waals surface area contributed by atoms with Gasteiger partial charge < -0.3 is 15.0 Å². The molecule has 2 amide bonds. The van der Waals surface area contributed by atoms with Crippen molar-refractivity contribution in [3.8, 4) is 5.75 Å². The van der Waals surface area contributed by atoms with Gasteiger partial charge in [0.2, 0.25) is 5.91 Å². The number of halogens is 3. The van der Waals surface area contributed by atoms with Crippen molar-refractivity contribution in [3.05, 3.63) is 62.5 Å². The molecular formula is C20H21BrCl2N2O3. The summed E-state index contributed by atoms with van der Waals surface area (Å²) in [5.41, 5.74) is 0.588. The van der Waals surface area contributed by atoms with Crippen LogP contribution in [0.1, 0.15) is 18.9 Å². The molecule has 0 fully saturated rings. The lowest BCUT2D eigenvalue weighted by molar-refractivity contribution is -0.142. The van der Waals surface area contributed by atoms with Crippen LogP contribution in [0.15, 0.2) is 46.9 Å². The van der Waals surface area contributed by atoms with E-state index in [9.17, 15) is 9.59 Å². The Morgan fingerprint density at radius 3 is 2.29 bits per heavy atom. The molecule has 0 saturated heterocycles. The Morgan fingerprint density at radius 2 is 1.75 bits per heavy atom. The average Bonchev–Trinajstić information content (AvgIpc) is 2.69. The van der Waals surface area contributed by atoms with Crippen LogP contribution in [-0.2, 0) is 16.1 Å². The highest BCUT2D eigenvalue weighted by Crippen LogP contribution is 2.27. The van der Waals surface area contributed by atoms with E-state index < -0.39 is 6.04 Å². The molecule has 0 bridgehead atoms. The Morgan fingerprint density at radius 1 is 1.14 bits per heavy atom. The monoisotopic (exact) mass is 486 g/mol. The smallest absolute Gasteiger partial charge is 0.261 e. The summed E-state index contributed by atoms with van der Waals surface area (Å²) in [7, 11) is 1.54. The van der Waals surface area contributed by atoms with Gasteiger partial charge in [0.25, 0.3) is 5.91 Å². The Hall–Kier alpha value is -1.76. The summed E-state index contributed by atoms with van der Waals surface area (Å²) < 4.78 is 6.51. The molecule has 2 aromatic carbocycles. The molecule has 5 nitrogen and oxygen atoms in total. The molecule has 0 aliphatic heterocycles. The molecule has 0 unspecified atom stereocenters. The summed E-state index contributed by atoms with van der Waals surface area (Å²) in [6.07, 6.45) is 0.436. The van der Waals surface area contributed by atoms with Gasteiger partial charge >= 0.3 is 0 Å². The second-order valence-electron chi connectivity index (χ2n) is 6.00. The van der Waals surface area contributed by atoms with Crippen LogP contribution in [0.4, 0.5) is 0 Å². The van der Waals surface area contributed by atoms with E-state index >= 15 is 0 Å². The Bertz CT molecular complexity index is 810. The number of carbonyl (C=O) groups excluding carboxylic acids is 2. The number of hydrogen-bond donors (Lipinski definition) is 1. The molecule has 0 spiro atoms. The fourth-order valence-corrected chi connectivity index (χ4v) is 3.48. The highest BCUT2D eigenvalue weighted by molar-refractivity contribution is 9.10. The third kappa shape index (κ3) is 5.87. The van der Waals surface area contributed by atoms with E-state index in [0.717, 1.165) is 4.47 Å². The zero-order valence-electron chi connectivity index (χ0n) is 15.5. The number of likely N-dealkylation sites (N-methyl/N-ethyl adjacent to an activating group) is 1. The standard InChI is InChI=1S/C20H21BrCl2N2O3/c1-3-18(20(27)24-2)25(11-15-16(22)5-4-6-17(15)23)19(26)12-28-14-9-7-13(21)8-10-14/h4-10,18H,3,11-12H2,1-2H3,(H,24,27)/t18-/m0/s1. The van der Waals surface area contributed by atoms with Gasteiger partial charge in [-0.2, -0.15) is 0 Å². The molecule has 2 aromatic rings. The fraction of sp³-hybridized carbons (Fsp3) is 0.300. The van der Waals surface area contributed by atoms with Crippen LogP contribution >= 0.6 is 39.1 Å². The van der Waals surface area contributed by atoms with Gasteiger partial charge in [-0.3, -0.25) is 9.59 Å². The van der Waals surface area contributed by atoms with E-state index in [0.29, 0.717) is 27.8 Å². The van der Waals surface area contributed by atoms with E-state index in [1.807, 2.05) is 19.1 Å². The molecule has 0 aromatic heterocycles. The lowest BCUT2D eigenvalue weighted by atomic mass is 10.1. The maximum Gasteiger partial charge on any atom is 0.261 e. The molecular weight excluding hydrogens is 467 g/mol. The van der Waals surface area contributed by atoms with Crippen LogP contribution < -0.4 is 10.1 Å². The van der Waals surface area contributed by atoms with Crippen molar-refractivity contribution in [3.63, 3.8) is 0 Å². The van der Waals surface area contributed by atoms with E-state index in [1.165, 1.54) is 11.9 Å². The number of nitrogens with one attached hydrogen (secondary N) is 1. The summed E-state index contributed by atoms with van der Waals surface area (Å²) in [5.74, 6) is -0.0442. The maximum absolute atomic E-state index is 13.0. The minimum absolute atomic E-state index is 0.104. The number of rotatable bonds is 8. The molecule has 2 rings (SSSR count). The number of hydrogen-bond acceptors (Lipinski definition) is 3. The molecule has 1 atom stereocenters. The van der Waals surface area contributed by atoms with E-state index in [-0.39, 0.29) is 25.0 Å². The Labute approximate surface area is 183 Å². The lowest BCUT2D eigenvalue weighted by Gasteiger charge is -2.30. The third-order valence-electron chi connectivity index (χ3n) is 4.20. The molecule has 0 radical (unpaired) electrons. The predicted octanol–water partition coefficient (Wildman–Crippen LogP) is 4.69. The normalized spacial score (nSPS) is 11.6. The molecule has 0 heterocycles. The number of benzene rings is 2. The zero-order chi connectivity index (χ0) is 20.7. The van der Waals surface area contributed by atoms with Gasteiger partial charge in [-0.25, -0.2) is 0 Å². The van der Waals surface area contributed by atoms with Crippen molar-refractivity contribution >= 4 is 50.9 Å². The van der Waals surface area contributed by atoms with E-state index in [4.69, 9.17) is 27.9 Å². The summed E-state index contributed by atoms with van der Waals surface area (Å²) in [6, 6.07) is 11.6. The van der Waals surface area contributed by atoms with Gasteiger partial charge in [0.05, 0.1) is 0 Å². The fourth-order valence-electron chi connectivity index (χ4n) is 2.70. The van der Waals surface area contributed by atoms with Gasteiger partial charge in [0.15, 0.2) is 6.61 Å². The molecule has 28 heavy (non-hydrogen) atoms. The van der Waals surface area contributed by atoms with Crippen molar-refractivity contribution in [2.75, 3.05) is 13.7 Å². The van der Waals surface area contributed by atoms with Gasteiger partial charge in [0.1, 0.15) is 11.8 Å². The number of carbonyl (C=O) groups is 2. The SMILES string of the molecule is CC[C@@H](C(=O)NC)N(Cc1c(Cl)cccc1Cl)C(=O)COc1ccc(Br)cc1. The largest absolute Gasteiger partial charge is 0.484 e. The summed E-state index contributed by atoms with van der Waals surface area (Å²) in [6.45, 7) is 1.73. The summed E-state index contributed by atoms with van der Waals surface area (Å²) in [4.78, 5) is 26.7. The second kappa shape index (κ2) is 10.7. The van der Waals surface area contributed by atoms with Crippen molar-refractivity contribution in [1.29, 1.82) is 0 Å². The third-order valence-corrected chi connectivity index (χ3v) is 5.44. The highest BCUT2D eigenvalue weighted by Gasteiger charge is 2.29. The molecule has 0 aliphatic rings. The Kier molecular flexibility index (Phi) is 8.60. The number of nitrogens with zero attached hydrogens (tertiary/aromatic N) is 1. The van der Waals surface area contributed by atoms with Gasteiger partial charge in [-0.1, -0.05) is 52.1 Å². The molecule has 8 heteroatoms. The van der Waals surface area contributed by atoms with Gasteiger partial charge in [-0.15, -0.1) is 0 Å². The average molecular weight is 488 g/mol. The van der Waals surface area contributed by atoms with E-state index in [1.54, 1.807) is 30.3 Å². The number of amides is 2. The lowest BCUT2D eigenvalue weighted by Crippen LogP contribution is -2.49. The summed E-state index contributed by atoms with van der Waals surface area (Å²) in [5, 5.41) is 3.47. The first kappa shape index (κ1) is 22.5. The zero-order valence-corrected chi connectivity index (χ0v) is 18.6. The van der Waals surface area contributed by atoms with Crippen molar-refractivity contribution < 1.29 is 14.3 Å². The number of ether oxygens (including phenoxy) is 1. The first-order valence-electron chi connectivity index (χ1n) is 8.69. The minimum atomic E-state index is -0.668. The highest BCUT2D eigenvalue weighted by atomic mass is 79.9. The first-order chi connectivity index (χ1) is 13.4. The van der Waals surface area contributed by atoms with Crippen LogP contribution in [0.2, 0.25) is 10.0 Å². The van der Waals surface area contributed by atoms with Gasteiger partial charge in [0, 0.05) is 33.7 Å². The quantitative estimate of drug-likeness (QED) is 0.587. The molecule has 0 aliphatic carbocycles. The van der Waals surface area contributed by atoms with Crippen molar-refractivity contribution in [2.45, 2.75) is 25.9 Å². The molecule has 1 N–H and O–H groups in total. The molecule has 0 saturated carbocycles. The Balaban J connectivity index is 2.24. The first-order valence-corrected chi connectivity index (χ1v) is 10.2. The summed E-state index contributed by atoms with van der Waals surface area (Å²) >= 11 is 15.9. The van der Waals surface area contributed by atoms with Crippen LogP contribution in [0.3, 0.4) is 0 Å². The maximum atomic E-state index is 13.0. The van der Waals surface area contributed by atoms with Crippen molar-refractivity contribution in [2.24, 2.45) is 0 Å². The van der Waals surface area contributed by atoms with Crippen molar-refractivity contribution in [1.82, 2.24) is 10.2 Å². The van der Waals surface area contributed by atoms with E-state index in [2.05, 4.69) is 21.2 Å². The van der Waals surface area contributed by atoms with Gasteiger partial charge in [-0.05, 0) is 42.8 Å². The van der Waals surface area contributed by atoms with Crippen LogP contribution in [-0.4, -0.2) is 36.4 Å². The topological polar surface area (TPSA) is 58.6 Å². The second-order valence-corrected chi connectivity index (χ2v) is 7.73. The molecule has 150 valence electrons.